The van der Waals surface area contributed by atoms with Gasteiger partial charge in [0.2, 0.25) is 0 Å². The molecule has 2 unspecified atom stereocenters. The van der Waals surface area contributed by atoms with Crippen molar-refractivity contribution in [2.45, 2.75) is 6.04 Å². The van der Waals surface area contributed by atoms with Crippen LogP contribution in [0.1, 0.15) is 17.2 Å². The molecule has 2 atom stereocenters. The fourth-order valence-corrected chi connectivity index (χ4v) is 1.65. The van der Waals surface area contributed by atoms with Crippen LogP contribution in [0.4, 0.5) is 0 Å². The topological polar surface area (TPSA) is 3.01 Å². The van der Waals surface area contributed by atoms with E-state index in [2.05, 4.69) is 49.2 Å². The van der Waals surface area contributed by atoms with Gasteiger partial charge in [-0.3, -0.25) is 0 Å². The zero-order valence-corrected chi connectivity index (χ0v) is 8.90. The molecule has 2 rings (SSSR count). The first-order valence-corrected chi connectivity index (χ1v) is 4.58. The Morgan fingerprint density at radius 1 is 1.50 bits per heavy atom. The Kier molecular flexibility index (Phi) is 3.89. The van der Waals surface area contributed by atoms with Crippen LogP contribution in [0.15, 0.2) is 36.9 Å². The molecule has 14 heavy (non-hydrogen) atoms. The summed E-state index contributed by atoms with van der Waals surface area (Å²) in [6.45, 7) is 4.91. The molecule has 1 nitrogen and oxygen atoms in total. The van der Waals surface area contributed by atoms with Crippen molar-refractivity contribution < 1.29 is 18.9 Å². The molecule has 1 aliphatic heterocycles. The minimum atomic E-state index is 0. The van der Waals surface area contributed by atoms with E-state index in [-0.39, 0.29) is 18.9 Å². The second kappa shape index (κ2) is 4.75. The van der Waals surface area contributed by atoms with Gasteiger partial charge in [0.25, 0.3) is 0 Å². The number of benzene rings is 1. The fraction of sp³-hybridized carbons (Fsp3) is 0.250. The number of hydrogen-bond acceptors (Lipinski definition) is 1. The van der Waals surface area contributed by atoms with Crippen LogP contribution in [-0.2, 0) is 0 Å². The largest absolute Gasteiger partial charge is 1.00 e. The monoisotopic (exact) mass is 179 g/mol. The van der Waals surface area contributed by atoms with Gasteiger partial charge in [-0.25, -0.2) is 0 Å². The Balaban J connectivity index is 0.000000980. The molecular formula is C12H14LiN. The van der Waals surface area contributed by atoms with E-state index < -0.39 is 0 Å². The van der Waals surface area contributed by atoms with E-state index in [1.165, 1.54) is 17.7 Å². The van der Waals surface area contributed by atoms with Gasteiger partial charge in [-0.1, -0.05) is 12.1 Å². The van der Waals surface area contributed by atoms with Crippen LogP contribution in [0.25, 0.3) is 0 Å². The van der Waals surface area contributed by atoms with E-state index in [0.717, 1.165) is 0 Å². The van der Waals surface area contributed by atoms with Gasteiger partial charge in [-0.2, -0.15) is 12.7 Å². The molecule has 0 saturated carbocycles. The van der Waals surface area contributed by atoms with Crippen LogP contribution in [-0.4, -0.2) is 18.5 Å². The van der Waals surface area contributed by atoms with Crippen LogP contribution in [0, 0.1) is 6.42 Å². The maximum atomic E-state index is 3.73. The number of hydrogen-bond donors (Lipinski definition) is 0. The Morgan fingerprint density at radius 2 is 2.14 bits per heavy atom. The third-order valence-electron chi connectivity index (χ3n) is 2.51. The number of rotatable bonds is 3. The number of likely N-dealkylation sites (N-methyl/N-ethyl adjacent to an activating group) is 1. The number of allylic oxidation sites excluding steroid dienone is 1. The van der Waals surface area contributed by atoms with Gasteiger partial charge >= 0.3 is 18.9 Å². The van der Waals surface area contributed by atoms with E-state index in [1.54, 1.807) is 0 Å². The fourth-order valence-electron chi connectivity index (χ4n) is 1.65. The first-order valence-electron chi connectivity index (χ1n) is 4.58. The Bertz CT molecular complexity index is 322. The van der Waals surface area contributed by atoms with Crippen LogP contribution in [0.5, 0.6) is 0 Å². The molecule has 0 amide bonds. The molecule has 0 bridgehead atoms. The molecular weight excluding hydrogens is 165 g/mol. The first kappa shape index (κ1) is 11.5. The summed E-state index contributed by atoms with van der Waals surface area (Å²) in [5.41, 5.74) is 2.72. The maximum absolute atomic E-state index is 3.73. The molecule has 1 heterocycles. The Morgan fingerprint density at radius 3 is 2.71 bits per heavy atom. The first-order chi connectivity index (χ1) is 6.33. The summed E-state index contributed by atoms with van der Waals surface area (Å²) < 4.78 is 0. The van der Waals surface area contributed by atoms with Crippen molar-refractivity contribution in [3.8, 4) is 0 Å². The van der Waals surface area contributed by atoms with Crippen molar-refractivity contribution in [3.63, 3.8) is 0 Å². The molecule has 2 heteroatoms. The van der Waals surface area contributed by atoms with Crippen LogP contribution in [0.3, 0.4) is 0 Å². The summed E-state index contributed by atoms with van der Waals surface area (Å²) in [5.74, 6) is 0. The minimum absolute atomic E-state index is 0. The van der Waals surface area contributed by atoms with Crippen LogP contribution < -0.4 is 18.9 Å². The molecule has 0 radical (unpaired) electrons. The van der Waals surface area contributed by atoms with Gasteiger partial charge in [0.05, 0.1) is 0 Å². The van der Waals surface area contributed by atoms with Gasteiger partial charge in [-0.15, -0.1) is 29.7 Å². The summed E-state index contributed by atoms with van der Waals surface area (Å²) in [6, 6.07) is 9.14. The molecule has 68 valence electrons. The minimum Gasteiger partial charge on any atom is -0.305 e. The SMILES string of the molecule is C=C[CH-]c1ccccc1C1CN1C.[Li+]. The molecule has 1 fully saturated rings. The zero-order chi connectivity index (χ0) is 9.26. The average Bonchev–Trinajstić information content (AvgIpc) is 2.84. The second-order valence-electron chi connectivity index (χ2n) is 3.49. The summed E-state index contributed by atoms with van der Waals surface area (Å²) >= 11 is 0. The quantitative estimate of drug-likeness (QED) is 0.341. The maximum Gasteiger partial charge on any atom is 1.00 e. The van der Waals surface area contributed by atoms with E-state index in [0.29, 0.717) is 6.04 Å². The van der Waals surface area contributed by atoms with Gasteiger partial charge < -0.3 is 4.90 Å². The van der Waals surface area contributed by atoms with Gasteiger partial charge in [0.1, 0.15) is 0 Å². The predicted molar refractivity (Wildman–Crippen MR) is 55.4 cm³/mol. The third kappa shape index (κ3) is 2.25. The smallest absolute Gasteiger partial charge is 0.305 e. The Hall–Kier alpha value is -0.613. The van der Waals surface area contributed by atoms with Gasteiger partial charge in [0, 0.05) is 12.6 Å². The predicted octanol–water partition coefficient (Wildman–Crippen LogP) is -0.585. The Labute approximate surface area is 98.0 Å². The van der Waals surface area contributed by atoms with E-state index in [9.17, 15) is 0 Å². The van der Waals surface area contributed by atoms with Crippen molar-refractivity contribution >= 4 is 0 Å². The third-order valence-corrected chi connectivity index (χ3v) is 2.51. The van der Waals surface area contributed by atoms with E-state index >= 15 is 0 Å². The van der Waals surface area contributed by atoms with Gasteiger partial charge in [-0.05, 0) is 7.05 Å². The molecule has 0 aromatic heterocycles. The molecule has 1 saturated heterocycles. The van der Waals surface area contributed by atoms with Crippen molar-refractivity contribution in [1.29, 1.82) is 0 Å². The van der Waals surface area contributed by atoms with E-state index in [1.807, 2.05) is 6.08 Å². The molecule has 1 aromatic rings. The molecule has 1 aromatic carbocycles. The second-order valence-corrected chi connectivity index (χ2v) is 3.49. The summed E-state index contributed by atoms with van der Waals surface area (Å²) in [4.78, 5) is 2.33. The van der Waals surface area contributed by atoms with Crippen molar-refractivity contribution in [2.24, 2.45) is 0 Å². The normalized spacial score (nSPS) is 23.5. The number of nitrogens with zero attached hydrogens (tertiary/aromatic N) is 1. The van der Waals surface area contributed by atoms with Gasteiger partial charge in [0.15, 0.2) is 0 Å². The molecule has 0 aliphatic carbocycles. The van der Waals surface area contributed by atoms with Crippen LogP contribution >= 0.6 is 0 Å². The average molecular weight is 179 g/mol. The van der Waals surface area contributed by atoms with Crippen LogP contribution in [0.2, 0.25) is 0 Å². The van der Waals surface area contributed by atoms with Crippen molar-refractivity contribution in [1.82, 2.24) is 4.90 Å². The zero-order valence-electron chi connectivity index (χ0n) is 8.90. The summed E-state index contributed by atoms with van der Waals surface area (Å²) in [7, 11) is 2.15. The summed E-state index contributed by atoms with van der Waals surface area (Å²) in [5, 5.41) is 0. The van der Waals surface area contributed by atoms with Crippen molar-refractivity contribution in [2.75, 3.05) is 13.6 Å². The standard InChI is InChI=1S/C12H14N.Li/c1-3-6-10-7-4-5-8-11(10)12-9-13(12)2;/h3-8,12H,1,9H2,2H3;/q-1;+1. The molecule has 1 aliphatic rings. The van der Waals surface area contributed by atoms with E-state index in [4.69, 9.17) is 0 Å². The van der Waals surface area contributed by atoms with Crippen molar-refractivity contribution in [3.05, 3.63) is 54.5 Å². The molecule has 0 N–H and O–H groups in total. The summed E-state index contributed by atoms with van der Waals surface area (Å²) in [6.07, 6.45) is 3.92. The molecule has 0 spiro atoms.